The third-order valence-electron chi connectivity index (χ3n) is 3.02. The van der Waals surface area contributed by atoms with Crippen molar-refractivity contribution in [3.05, 3.63) is 64.1 Å². The lowest BCUT2D eigenvalue weighted by molar-refractivity contribution is -0.142. The SMILES string of the molecule is COc1ccc(/C=C/C(=O)OCC(=O)Nc2cc(Cl)cc(Cl)c2)cc1. The Hall–Kier alpha value is -2.50. The number of amides is 1. The third kappa shape index (κ3) is 6.49. The Morgan fingerprint density at radius 1 is 1.08 bits per heavy atom. The lowest BCUT2D eigenvalue weighted by atomic mass is 10.2. The highest BCUT2D eigenvalue weighted by Crippen LogP contribution is 2.22. The first-order chi connectivity index (χ1) is 12.0. The zero-order chi connectivity index (χ0) is 18.2. The molecule has 0 bridgehead atoms. The number of benzene rings is 2. The first-order valence-corrected chi connectivity index (χ1v) is 7.96. The van der Waals surface area contributed by atoms with Crippen molar-refractivity contribution in [2.24, 2.45) is 0 Å². The molecule has 0 aliphatic carbocycles. The lowest BCUT2D eigenvalue weighted by Crippen LogP contribution is -2.20. The third-order valence-corrected chi connectivity index (χ3v) is 3.46. The Bertz CT molecular complexity index is 768. The molecule has 5 nitrogen and oxygen atoms in total. The summed E-state index contributed by atoms with van der Waals surface area (Å²) in [5.74, 6) is -0.405. The number of hydrogen-bond donors (Lipinski definition) is 1. The maximum Gasteiger partial charge on any atom is 0.331 e. The van der Waals surface area contributed by atoms with Gasteiger partial charge in [-0.1, -0.05) is 35.3 Å². The quantitative estimate of drug-likeness (QED) is 0.603. The lowest BCUT2D eigenvalue weighted by Gasteiger charge is -2.06. The van der Waals surface area contributed by atoms with E-state index in [-0.39, 0.29) is 0 Å². The first kappa shape index (κ1) is 18.8. The Kier molecular flexibility index (Phi) is 6.86. The van der Waals surface area contributed by atoms with Gasteiger partial charge in [-0.05, 0) is 42.0 Å². The highest BCUT2D eigenvalue weighted by Gasteiger charge is 2.07. The van der Waals surface area contributed by atoms with E-state index in [1.54, 1.807) is 43.5 Å². The van der Waals surface area contributed by atoms with Crippen molar-refractivity contribution in [3.8, 4) is 5.75 Å². The average molecular weight is 380 g/mol. The van der Waals surface area contributed by atoms with Crippen LogP contribution in [0.25, 0.3) is 6.08 Å². The van der Waals surface area contributed by atoms with Gasteiger partial charge >= 0.3 is 5.97 Å². The molecule has 1 amide bonds. The minimum atomic E-state index is -0.630. The van der Waals surface area contributed by atoms with Crippen molar-refractivity contribution in [2.45, 2.75) is 0 Å². The molecule has 0 unspecified atom stereocenters. The Labute approximate surface area is 155 Å². The Morgan fingerprint density at radius 3 is 2.32 bits per heavy atom. The van der Waals surface area contributed by atoms with Gasteiger partial charge in [-0.15, -0.1) is 0 Å². The number of ether oxygens (including phenoxy) is 2. The molecule has 2 aromatic rings. The summed E-state index contributed by atoms with van der Waals surface area (Å²) in [6, 6.07) is 11.7. The van der Waals surface area contributed by atoms with Crippen LogP contribution in [0, 0.1) is 0 Å². The predicted molar refractivity (Wildman–Crippen MR) is 98.1 cm³/mol. The number of carbonyl (C=O) groups excluding carboxylic acids is 2. The van der Waals surface area contributed by atoms with Crippen LogP contribution in [-0.2, 0) is 14.3 Å². The van der Waals surface area contributed by atoms with Gasteiger partial charge < -0.3 is 14.8 Å². The van der Waals surface area contributed by atoms with Gasteiger partial charge in [0.1, 0.15) is 5.75 Å². The first-order valence-electron chi connectivity index (χ1n) is 7.21. The van der Waals surface area contributed by atoms with Crippen LogP contribution in [0.5, 0.6) is 5.75 Å². The number of hydrogen-bond acceptors (Lipinski definition) is 4. The Morgan fingerprint density at radius 2 is 1.72 bits per heavy atom. The van der Waals surface area contributed by atoms with Crippen molar-refractivity contribution in [2.75, 3.05) is 19.0 Å². The molecule has 0 aliphatic heterocycles. The molecule has 0 aromatic heterocycles. The van der Waals surface area contributed by atoms with Crippen LogP contribution >= 0.6 is 23.2 Å². The number of carbonyl (C=O) groups is 2. The van der Waals surface area contributed by atoms with Crippen LogP contribution in [0.4, 0.5) is 5.69 Å². The topological polar surface area (TPSA) is 64.6 Å². The van der Waals surface area contributed by atoms with Crippen LogP contribution in [0.3, 0.4) is 0 Å². The molecular weight excluding hydrogens is 365 g/mol. The van der Waals surface area contributed by atoms with E-state index in [1.807, 2.05) is 0 Å². The number of rotatable bonds is 6. The van der Waals surface area contributed by atoms with E-state index in [0.29, 0.717) is 15.7 Å². The summed E-state index contributed by atoms with van der Waals surface area (Å²) < 4.78 is 9.92. The van der Waals surface area contributed by atoms with Gasteiger partial charge in [-0.2, -0.15) is 0 Å². The van der Waals surface area contributed by atoms with Crippen molar-refractivity contribution < 1.29 is 19.1 Å². The van der Waals surface area contributed by atoms with E-state index in [0.717, 1.165) is 11.3 Å². The van der Waals surface area contributed by atoms with E-state index >= 15 is 0 Å². The van der Waals surface area contributed by atoms with Gasteiger partial charge in [0.2, 0.25) is 0 Å². The molecular formula is C18H15Cl2NO4. The van der Waals surface area contributed by atoms with Gasteiger partial charge in [-0.25, -0.2) is 4.79 Å². The molecule has 0 saturated heterocycles. The number of methoxy groups -OCH3 is 1. The fraction of sp³-hybridized carbons (Fsp3) is 0.111. The predicted octanol–water partition coefficient (Wildman–Crippen LogP) is 4.20. The molecule has 0 spiro atoms. The molecule has 2 rings (SSSR count). The van der Waals surface area contributed by atoms with Gasteiger partial charge in [0.05, 0.1) is 7.11 Å². The van der Waals surface area contributed by atoms with Crippen LogP contribution in [0.2, 0.25) is 10.0 Å². The monoisotopic (exact) mass is 379 g/mol. The Balaban J connectivity index is 1.82. The molecule has 1 N–H and O–H groups in total. The second-order valence-corrected chi connectivity index (χ2v) is 5.79. The summed E-state index contributed by atoms with van der Waals surface area (Å²) in [6.07, 6.45) is 2.82. The largest absolute Gasteiger partial charge is 0.497 e. The van der Waals surface area contributed by atoms with E-state index in [4.69, 9.17) is 32.7 Å². The second-order valence-electron chi connectivity index (χ2n) is 4.92. The maximum atomic E-state index is 11.8. The molecule has 0 fully saturated rings. The van der Waals surface area contributed by atoms with E-state index < -0.39 is 18.5 Å². The van der Waals surface area contributed by atoms with Crippen molar-refractivity contribution in [1.29, 1.82) is 0 Å². The number of anilines is 1. The normalized spacial score (nSPS) is 10.5. The van der Waals surface area contributed by atoms with Gasteiger partial charge in [0, 0.05) is 21.8 Å². The summed E-state index contributed by atoms with van der Waals surface area (Å²) >= 11 is 11.7. The smallest absolute Gasteiger partial charge is 0.331 e. The van der Waals surface area contributed by atoms with Gasteiger partial charge in [0.25, 0.3) is 5.91 Å². The van der Waals surface area contributed by atoms with Gasteiger partial charge in [-0.3, -0.25) is 4.79 Å². The summed E-state index contributed by atoms with van der Waals surface area (Å²) in [5, 5.41) is 3.32. The molecule has 0 saturated carbocycles. The number of nitrogens with one attached hydrogen (secondary N) is 1. The summed E-state index contributed by atoms with van der Waals surface area (Å²) in [4.78, 5) is 23.4. The minimum Gasteiger partial charge on any atom is -0.497 e. The van der Waals surface area contributed by atoms with Crippen LogP contribution in [0.1, 0.15) is 5.56 Å². The highest BCUT2D eigenvalue weighted by atomic mass is 35.5. The summed E-state index contributed by atoms with van der Waals surface area (Å²) in [7, 11) is 1.57. The maximum absolute atomic E-state index is 11.8. The van der Waals surface area contributed by atoms with E-state index in [1.165, 1.54) is 18.2 Å². The summed E-state index contributed by atoms with van der Waals surface area (Å²) in [5.41, 5.74) is 1.23. The number of esters is 1. The van der Waals surface area contributed by atoms with Crippen LogP contribution < -0.4 is 10.1 Å². The zero-order valence-corrected chi connectivity index (χ0v) is 14.8. The van der Waals surface area contributed by atoms with Gasteiger partial charge in [0.15, 0.2) is 6.61 Å². The molecule has 130 valence electrons. The molecule has 25 heavy (non-hydrogen) atoms. The standard InChI is InChI=1S/C18H15Cl2NO4/c1-24-16-5-2-12(3-6-16)4-7-18(23)25-11-17(22)21-15-9-13(19)8-14(20)10-15/h2-10H,11H2,1H3,(H,21,22)/b7-4+. The van der Waals surface area contributed by atoms with Crippen molar-refractivity contribution >= 4 is 46.8 Å². The van der Waals surface area contributed by atoms with E-state index in [9.17, 15) is 9.59 Å². The molecule has 7 heteroatoms. The molecule has 0 aliphatic rings. The second kappa shape index (κ2) is 9.11. The highest BCUT2D eigenvalue weighted by molar-refractivity contribution is 6.35. The summed E-state index contributed by atoms with van der Waals surface area (Å²) in [6.45, 7) is -0.421. The number of halogens is 2. The fourth-order valence-electron chi connectivity index (χ4n) is 1.89. The molecule has 2 aromatic carbocycles. The zero-order valence-electron chi connectivity index (χ0n) is 13.3. The van der Waals surface area contributed by atoms with Crippen molar-refractivity contribution in [3.63, 3.8) is 0 Å². The van der Waals surface area contributed by atoms with Crippen LogP contribution in [-0.4, -0.2) is 25.6 Å². The molecule has 0 heterocycles. The fourth-order valence-corrected chi connectivity index (χ4v) is 2.41. The van der Waals surface area contributed by atoms with Crippen LogP contribution in [0.15, 0.2) is 48.5 Å². The molecule has 0 radical (unpaired) electrons. The molecule has 0 atom stereocenters. The minimum absolute atomic E-state index is 0.391. The van der Waals surface area contributed by atoms with E-state index in [2.05, 4.69) is 5.32 Å². The van der Waals surface area contributed by atoms with Crippen molar-refractivity contribution in [1.82, 2.24) is 0 Å². The average Bonchev–Trinajstić information content (AvgIpc) is 2.57.